The average Bonchev–Trinajstić information content (AvgIpc) is 3.04. The van der Waals surface area contributed by atoms with Crippen molar-refractivity contribution < 1.29 is 22.7 Å². The number of hydrogen-bond donors (Lipinski definition) is 1. The van der Waals surface area contributed by atoms with Gasteiger partial charge in [0.1, 0.15) is 24.1 Å². The van der Waals surface area contributed by atoms with Gasteiger partial charge in [-0.15, -0.1) is 0 Å². The molecule has 0 saturated carbocycles. The fourth-order valence-electron chi connectivity index (χ4n) is 4.93. The first kappa shape index (κ1) is 33.3. The number of ether oxygens (including phenoxy) is 1. The molecule has 0 fully saturated rings. The van der Waals surface area contributed by atoms with Crippen molar-refractivity contribution in [2.75, 3.05) is 17.4 Å². The molecule has 2 amide bonds. The average molecular weight is 628 g/mol. The minimum Gasteiger partial charge on any atom is -0.457 e. The van der Waals surface area contributed by atoms with Gasteiger partial charge in [0.15, 0.2) is 0 Å². The Morgan fingerprint density at radius 2 is 1.42 bits per heavy atom. The molecular formula is C36H41N3O5S. The Morgan fingerprint density at radius 3 is 2.04 bits per heavy atom. The molecule has 0 saturated heterocycles. The smallest absolute Gasteiger partial charge is 0.264 e. The number of carbonyl (C=O) groups excluding carboxylic acids is 2. The highest BCUT2D eigenvalue weighted by Gasteiger charge is 2.33. The Bertz CT molecular complexity index is 1670. The van der Waals surface area contributed by atoms with Gasteiger partial charge in [-0.3, -0.25) is 13.9 Å². The molecule has 45 heavy (non-hydrogen) atoms. The zero-order chi connectivity index (χ0) is 32.4. The van der Waals surface area contributed by atoms with E-state index in [-0.39, 0.29) is 17.3 Å². The Balaban J connectivity index is 1.73. The molecule has 0 aromatic heterocycles. The van der Waals surface area contributed by atoms with Gasteiger partial charge in [-0.05, 0) is 86.3 Å². The number of aryl methyl sites for hydroxylation is 2. The van der Waals surface area contributed by atoms with Gasteiger partial charge in [0, 0.05) is 13.1 Å². The van der Waals surface area contributed by atoms with Crippen LogP contribution in [0.2, 0.25) is 0 Å². The van der Waals surface area contributed by atoms with E-state index in [4.69, 9.17) is 4.74 Å². The highest BCUT2D eigenvalue weighted by Crippen LogP contribution is 2.29. The third-order valence-corrected chi connectivity index (χ3v) is 9.32. The first-order valence-corrected chi connectivity index (χ1v) is 16.6. The summed E-state index contributed by atoms with van der Waals surface area (Å²) in [5, 5.41) is 2.91. The van der Waals surface area contributed by atoms with Gasteiger partial charge in [-0.1, -0.05) is 74.0 Å². The number of sulfonamides is 1. The Morgan fingerprint density at radius 1 is 0.800 bits per heavy atom. The summed E-state index contributed by atoms with van der Waals surface area (Å²) in [4.78, 5) is 29.1. The van der Waals surface area contributed by atoms with Crippen molar-refractivity contribution in [3.63, 3.8) is 0 Å². The summed E-state index contributed by atoms with van der Waals surface area (Å²) in [5.41, 5.74) is 3.05. The maximum Gasteiger partial charge on any atom is 0.264 e. The van der Waals surface area contributed by atoms with Gasteiger partial charge in [0.2, 0.25) is 11.8 Å². The lowest BCUT2D eigenvalue weighted by molar-refractivity contribution is -0.140. The van der Waals surface area contributed by atoms with Crippen molar-refractivity contribution in [1.82, 2.24) is 10.2 Å². The zero-order valence-electron chi connectivity index (χ0n) is 26.3. The van der Waals surface area contributed by atoms with Gasteiger partial charge in [0.05, 0.1) is 10.6 Å². The van der Waals surface area contributed by atoms with Crippen LogP contribution in [0.15, 0.2) is 108 Å². The maximum atomic E-state index is 14.3. The van der Waals surface area contributed by atoms with Crippen molar-refractivity contribution in [3.8, 4) is 11.5 Å². The molecule has 1 N–H and O–H groups in total. The Kier molecular flexibility index (Phi) is 11.4. The summed E-state index contributed by atoms with van der Waals surface area (Å²) in [6, 6.07) is 29.2. The van der Waals surface area contributed by atoms with E-state index >= 15 is 0 Å². The Labute approximate surface area is 266 Å². The highest BCUT2D eigenvalue weighted by molar-refractivity contribution is 7.92. The molecule has 0 aliphatic heterocycles. The van der Waals surface area contributed by atoms with Crippen LogP contribution in [0.3, 0.4) is 0 Å². The molecule has 0 bridgehead atoms. The first-order valence-electron chi connectivity index (χ1n) is 15.2. The summed E-state index contributed by atoms with van der Waals surface area (Å²) >= 11 is 0. The van der Waals surface area contributed by atoms with E-state index in [2.05, 4.69) is 5.32 Å². The molecule has 0 spiro atoms. The van der Waals surface area contributed by atoms with Crippen LogP contribution >= 0.6 is 0 Å². The van der Waals surface area contributed by atoms with Crippen molar-refractivity contribution in [1.29, 1.82) is 0 Å². The fourth-order valence-corrected chi connectivity index (χ4v) is 6.34. The van der Waals surface area contributed by atoms with Crippen LogP contribution < -0.4 is 14.4 Å². The SMILES string of the molecule is CCCNC(=O)C(CC)N(Cc1ccccc1C)C(=O)CN(c1ccc(Oc2ccccc2)cc1)S(=O)(=O)c1ccc(C)cc1. The lowest BCUT2D eigenvalue weighted by Crippen LogP contribution is -2.52. The molecule has 1 atom stereocenters. The molecule has 0 aliphatic carbocycles. The first-order chi connectivity index (χ1) is 21.6. The highest BCUT2D eigenvalue weighted by atomic mass is 32.2. The van der Waals surface area contributed by atoms with Crippen LogP contribution in [0.4, 0.5) is 5.69 Å². The van der Waals surface area contributed by atoms with E-state index in [0.29, 0.717) is 30.2 Å². The lowest BCUT2D eigenvalue weighted by Gasteiger charge is -2.33. The molecular weight excluding hydrogens is 586 g/mol. The maximum absolute atomic E-state index is 14.3. The second kappa shape index (κ2) is 15.4. The van der Waals surface area contributed by atoms with Crippen LogP contribution in [0.25, 0.3) is 0 Å². The topological polar surface area (TPSA) is 96.0 Å². The normalized spacial score (nSPS) is 11.8. The summed E-state index contributed by atoms with van der Waals surface area (Å²) in [6.45, 7) is 7.77. The van der Waals surface area contributed by atoms with Crippen LogP contribution in [0.5, 0.6) is 11.5 Å². The summed E-state index contributed by atoms with van der Waals surface area (Å²) in [7, 11) is -4.17. The number of hydrogen-bond acceptors (Lipinski definition) is 5. The third kappa shape index (κ3) is 8.51. The second-order valence-electron chi connectivity index (χ2n) is 10.9. The number of carbonyl (C=O) groups is 2. The lowest BCUT2D eigenvalue weighted by atomic mass is 10.1. The van der Waals surface area contributed by atoms with Crippen molar-refractivity contribution in [3.05, 3.63) is 120 Å². The van der Waals surface area contributed by atoms with Gasteiger partial charge >= 0.3 is 0 Å². The quantitative estimate of drug-likeness (QED) is 0.169. The second-order valence-corrected chi connectivity index (χ2v) is 12.8. The minimum atomic E-state index is -4.17. The largest absolute Gasteiger partial charge is 0.457 e. The molecule has 4 rings (SSSR count). The van der Waals surface area contributed by atoms with Crippen molar-refractivity contribution >= 4 is 27.5 Å². The van der Waals surface area contributed by atoms with Gasteiger partial charge in [-0.2, -0.15) is 0 Å². The number of anilines is 1. The molecule has 0 aliphatic rings. The van der Waals surface area contributed by atoms with E-state index in [1.54, 1.807) is 36.4 Å². The van der Waals surface area contributed by atoms with Crippen molar-refractivity contribution in [2.24, 2.45) is 0 Å². The standard InChI is InChI=1S/C36H41N3O5S/c1-5-24-37-36(41)34(6-2)38(25-29-13-11-10-12-28(29)4)35(40)26-39(45(42,43)33-22-16-27(3)17-23-33)30-18-20-32(21-19-30)44-31-14-8-7-9-15-31/h7-23,34H,5-6,24-26H2,1-4H3,(H,37,41). The van der Waals surface area contributed by atoms with E-state index in [1.807, 2.05) is 82.3 Å². The monoisotopic (exact) mass is 627 g/mol. The number of nitrogens with zero attached hydrogens (tertiary/aromatic N) is 2. The molecule has 8 nitrogen and oxygen atoms in total. The minimum absolute atomic E-state index is 0.0590. The van der Waals surface area contributed by atoms with Crippen LogP contribution in [-0.2, 0) is 26.2 Å². The number of amides is 2. The third-order valence-electron chi connectivity index (χ3n) is 7.53. The predicted octanol–water partition coefficient (Wildman–Crippen LogP) is 6.62. The fraction of sp³-hybridized carbons (Fsp3) is 0.278. The van der Waals surface area contributed by atoms with Crippen LogP contribution in [0, 0.1) is 13.8 Å². The zero-order valence-corrected chi connectivity index (χ0v) is 27.1. The molecule has 4 aromatic rings. The number of para-hydroxylation sites is 1. The summed E-state index contributed by atoms with van der Waals surface area (Å²) in [5.74, 6) is 0.404. The van der Waals surface area contributed by atoms with Crippen molar-refractivity contribution in [2.45, 2.75) is 58.0 Å². The number of rotatable bonds is 14. The summed E-state index contributed by atoms with van der Waals surface area (Å²) < 4.78 is 35.3. The predicted molar refractivity (Wildman–Crippen MR) is 178 cm³/mol. The van der Waals surface area contributed by atoms with Gasteiger partial charge < -0.3 is 15.0 Å². The van der Waals surface area contributed by atoms with E-state index in [0.717, 1.165) is 27.4 Å². The van der Waals surface area contributed by atoms with E-state index in [1.165, 1.54) is 17.0 Å². The molecule has 0 heterocycles. The summed E-state index contributed by atoms with van der Waals surface area (Å²) in [6.07, 6.45) is 1.11. The number of nitrogens with one attached hydrogen (secondary N) is 1. The molecule has 9 heteroatoms. The Hall–Kier alpha value is -4.63. The number of benzene rings is 4. The molecule has 0 radical (unpaired) electrons. The van der Waals surface area contributed by atoms with Crippen LogP contribution in [-0.4, -0.2) is 44.3 Å². The van der Waals surface area contributed by atoms with Crippen LogP contribution in [0.1, 0.15) is 43.4 Å². The van der Waals surface area contributed by atoms with Gasteiger partial charge in [-0.25, -0.2) is 8.42 Å². The van der Waals surface area contributed by atoms with E-state index in [9.17, 15) is 18.0 Å². The van der Waals surface area contributed by atoms with Gasteiger partial charge in [0.25, 0.3) is 10.0 Å². The molecule has 1 unspecified atom stereocenters. The van der Waals surface area contributed by atoms with E-state index < -0.39 is 28.5 Å². The molecule has 4 aromatic carbocycles. The molecule has 236 valence electrons.